The second kappa shape index (κ2) is 6.28. The van der Waals surface area contributed by atoms with Crippen LogP contribution in [0.5, 0.6) is 0 Å². The first kappa shape index (κ1) is 20.3. The molecule has 0 saturated carbocycles. The van der Waals surface area contributed by atoms with E-state index in [2.05, 4.69) is 55.4 Å². The predicted octanol–water partition coefficient (Wildman–Crippen LogP) is -0.403. The number of hydrogen-bond donors (Lipinski definition) is 0. The summed E-state index contributed by atoms with van der Waals surface area (Å²) in [4.78, 5) is 0. The summed E-state index contributed by atoms with van der Waals surface area (Å²) in [5.41, 5.74) is 10.1. The van der Waals surface area contributed by atoms with E-state index in [-0.39, 0.29) is 49.4 Å². The van der Waals surface area contributed by atoms with E-state index in [0.717, 1.165) is 0 Å². The van der Waals surface area contributed by atoms with Crippen LogP contribution in [0.4, 0.5) is 0 Å². The van der Waals surface area contributed by atoms with E-state index in [1.165, 1.54) is 0 Å². The maximum atomic E-state index is 2.47. The molecule has 1 saturated heterocycles. The Bertz CT molecular complexity index is 590. The molecule has 4 bridgehead atoms. The van der Waals surface area contributed by atoms with Gasteiger partial charge in [0.15, 0.2) is 0 Å². The molecule has 1 aliphatic heterocycles. The molecule has 3 heteroatoms. The Hall–Kier alpha value is 0.254. The zero-order valence-corrected chi connectivity index (χ0v) is 18.0. The van der Waals surface area contributed by atoms with E-state index in [1.807, 2.05) is 0 Å². The molecule has 1 fully saturated rings. The van der Waals surface area contributed by atoms with Crippen LogP contribution in [0.1, 0.15) is 55.4 Å². The molecule has 1 heterocycles. The third-order valence-corrected chi connectivity index (χ3v) is 9.45. The topological polar surface area (TPSA) is 0 Å². The smallest absolute Gasteiger partial charge is 1.00 e. The summed E-state index contributed by atoms with van der Waals surface area (Å²) in [6, 6.07) is 0. The number of halogens is 2. The first-order chi connectivity index (χ1) is 9.19. The minimum Gasteiger partial charge on any atom is -1.00 e. The first-order valence-corrected chi connectivity index (χ1v) is 9.37. The van der Waals surface area contributed by atoms with Gasteiger partial charge in [-0.25, -0.2) is 0 Å². The fraction of sp³-hybridized carbons (Fsp3) is 0.579. The van der Waals surface area contributed by atoms with Gasteiger partial charge < -0.3 is 24.8 Å². The van der Waals surface area contributed by atoms with Gasteiger partial charge in [-0.15, -0.1) is 0 Å². The molecule has 3 aliphatic rings. The molecule has 120 valence electrons. The SMILES string of the molecule is CC1=[C]2[Ti+2][C]3=C(C)C(C)=C(C3C)C(C)(C)C(=C1C)C2C.[Cl-].[Cl-]. The summed E-state index contributed by atoms with van der Waals surface area (Å²) in [6.07, 6.45) is 0. The Morgan fingerprint density at radius 3 is 1.32 bits per heavy atom. The molecular formula is C19H26Cl2Ti. The molecule has 0 N–H and O–H groups in total. The van der Waals surface area contributed by atoms with Gasteiger partial charge in [-0.3, -0.25) is 0 Å². The van der Waals surface area contributed by atoms with Crippen LogP contribution in [0.3, 0.4) is 0 Å². The van der Waals surface area contributed by atoms with Gasteiger partial charge in [0.1, 0.15) is 0 Å². The maximum Gasteiger partial charge on any atom is -1.00 e. The molecule has 0 aromatic carbocycles. The average molecular weight is 373 g/mol. The van der Waals surface area contributed by atoms with Crippen molar-refractivity contribution in [1.82, 2.24) is 0 Å². The fourth-order valence-electron chi connectivity index (χ4n) is 5.11. The van der Waals surface area contributed by atoms with Crippen LogP contribution in [0.15, 0.2) is 41.2 Å². The van der Waals surface area contributed by atoms with Crippen LogP contribution in [0, 0.1) is 17.3 Å². The maximum absolute atomic E-state index is 2.47. The van der Waals surface area contributed by atoms with Gasteiger partial charge in [-0.2, -0.15) is 0 Å². The van der Waals surface area contributed by atoms with E-state index < -0.39 is 0 Å². The van der Waals surface area contributed by atoms with Gasteiger partial charge in [-0.1, -0.05) is 0 Å². The second-order valence-electron chi connectivity index (χ2n) is 7.35. The first-order valence-electron chi connectivity index (χ1n) is 7.81. The van der Waals surface area contributed by atoms with Gasteiger partial charge in [0.2, 0.25) is 0 Å². The molecular weight excluding hydrogens is 347 g/mol. The number of fused-ring (bicyclic) bond motifs is 4. The second-order valence-corrected chi connectivity index (χ2v) is 9.42. The molecule has 2 aliphatic carbocycles. The van der Waals surface area contributed by atoms with Gasteiger partial charge in [0, 0.05) is 0 Å². The summed E-state index contributed by atoms with van der Waals surface area (Å²) in [6.45, 7) is 19.3. The van der Waals surface area contributed by atoms with Crippen molar-refractivity contribution in [3.05, 3.63) is 41.2 Å². The molecule has 0 spiro atoms. The molecule has 3 rings (SSSR count). The van der Waals surface area contributed by atoms with E-state index in [1.54, 1.807) is 41.2 Å². The molecule has 2 atom stereocenters. The summed E-state index contributed by atoms with van der Waals surface area (Å²) in [5, 5.41) is 0. The van der Waals surface area contributed by atoms with Gasteiger partial charge in [0.05, 0.1) is 0 Å². The van der Waals surface area contributed by atoms with Crippen LogP contribution >= 0.6 is 0 Å². The van der Waals surface area contributed by atoms with Crippen LogP contribution in [0.2, 0.25) is 0 Å². The van der Waals surface area contributed by atoms with Crippen molar-refractivity contribution in [2.45, 2.75) is 55.4 Å². The standard InChI is InChI=1S/C19H26.2ClH.Ti/c1-11-9-13(3)17(15(11)5)19(7,8)18-14(4)10-12(2)16(18)6;;;/h13-14H,1-8H3;2*1H;/q;;;+2/p-2. The Morgan fingerprint density at radius 1 is 0.682 bits per heavy atom. The largest absolute Gasteiger partial charge is 1.00 e. The van der Waals surface area contributed by atoms with Crippen molar-refractivity contribution >= 4 is 0 Å². The van der Waals surface area contributed by atoms with Gasteiger partial charge in [0.25, 0.3) is 0 Å². The fourth-order valence-corrected chi connectivity index (χ4v) is 7.86. The number of allylic oxidation sites excluding steroid dienone is 8. The van der Waals surface area contributed by atoms with Crippen LogP contribution in [0.25, 0.3) is 0 Å². The number of hydrogen-bond acceptors (Lipinski definition) is 0. The van der Waals surface area contributed by atoms with Crippen LogP contribution in [-0.4, -0.2) is 0 Å². The van der Waals surface area contributed by atoms with E-state index in [0.29, 0.717) is 11.8 Å². The van der Waals surface area contributed by atoms with Crippen molar-refractivity contribution in [3.8, 4) is 0 Å². The molecule has 0 nitrogen and oxygen atoms in total. The minimum absolute atomic E-state index is 0. The normalized spacial score (nSPS) is 28.7. The average Bonchev–Trinajstić information content (AvgIpc) is 2.70. The quantitative estimate of drug-likeness (QED) is 0.507. The van der Waals surface area contributed by atoms with Crippen LogP contribution < -0.4 is 24.8 Å². The van der Waals surface area contributed by atoms with E-state index >= 15 is 0 Å². The van der Waals surface area contributed by atoms with Crippen molar-refractivity contribution in [1.29, 1.82) is 0 Å². The zero-order valence-electron chi connectivity index (χ0n) is 14.9. The van der Waals surface area contributed by atoms with E-state index in [9.17, 15) is 0 Å². The third kappa shape index (κ3) is 2.37. The van der Waals surface area contributed by atoms with Crippen molar-refractivity contribution in [2.75, 3.05) is 0 Å². The Kier molecular flexibility index (Phi) is 5.80. The Morgan fingerprint density at radius 2 is 1.00 bits per heavy atom. The summed E-state index contributed by atoms with van der Waals surface area (Å²) >= 11 is -0.118. The Labute approximate surface area is 157 Å². The van der Waals surface area contributed by atoms with Crippen molar-refractivity contribution in [3.63, 3.8) is 0 Å². The predicted molar refractivity (Wildman–Crippen MR) is 82.9 cm³/mol. The molecule has 22 heavy (non-hydrogen) atoms. The van der Waals surface area contributed by atoms with E-state index in [4.69, 9.17) is 0 Å². The van der Waals surface area contributed by atoms with Gasteiger partial charge >= 0.3 is 133 Å². The minimum atomic E-state index is -0.118. The summed E-state index contributed by atoms with van der Waals surface area (Å²) < 4.78 is 3.61. The molecule has 0 radical (unpaired) electrons. The molecule has 0 aromatic heterocycles. The monoisotopic (exact) mass is 372 g/mol. The Balaban J connectivity index is 0.00000121. The van der Waals surface area contributed by atoms with Crippen molar-refractivity contribution in [2.24, 2.45) is 17.3 Å². The summed E-state index contributed by atoms with van der Waals surface area (Å²) in [7, 11) is 0. The zero-order chi connectivity index (χ0) is 15.0. The van der Waals surface area contributed by atoms with Crippen molar-refractivity contribution < 1.29 is 44.0 Å². The third-order valence-electron chi connectivity index (χ3n) is 6.09. The van der Waals surface area contributed by atoms with Gasteiger partial charge in [-0.05, 0) is 0 Å². The summed E-state index contributed by atoms with van der Waals surface area (Å²) in [5.74, 6) is 1.36. The number of rotatable bonds is 0. The van der Waals surface area contributed by atoms with Crippen LogP contribution in [-0.2, 0) is 19.2 Å². The molecule has 2 unspecified atom stereocenters. The molecule has 0 aromatic rings. The molecule has 0 amide bonds.